The van der Waals surface area contributed by atoms with Gasteiger partial charge in [0.1, 0.15) is 5.69 Å². The number of nitrogens with one attached hydrogen (secondary N) is 3. The van der Waals surface area contributed by atoms with Crippen molar-refractivity contribution in [2.45, 2.75) is 33.6 Å². The Hall–Kier alpha value is -3.09. The first-order valence-corrected chi connectivity index (χ1v) is 8.99. The second-order valence-corrected chi connectivity index (χ2v) is 6.64. The van der Waals surface area contributed by atoms with Gasteiger partial charge in [-0.3, -0.25) is 9.59 Å². The highest BCUT2D eigenvalue weighted by molar-refractivity contribution is 6.08. The van der Waals surface area contributed by atoms with Crippen molar-refractivity contribution in [3.8, 4) is 0 Å². The van der Waals surface area contributed by atoms with E-state index in [4.69, 9.17) is 4.74 Å². The molecule has 1 heterocycles. The third-order valence-corrected chi connectivity index (χ3v) is 4.50. The Kier molecular flexibility index (Phi) is 5.30. The fourth-order valence-electron chi connectivity index (χ4n) is 2.92. The van der Waals surface area contributed by atoms with Gasteiger partial charge in [0, 0.05) is 23.0 Å². The number of hydrogen-bond donors (Lipinski definition) is 3. The van der Waals surface area contributed by atoms with Crippen molar-refractivity contribution < 1.29 is 19.1 Å². The van der Waals surface area contributed by atoms with Crippen molar-refractivity contribution in [3.05, 3.63) is 46.8 Å². The summed E-state index contributed by atoms with van der Waals surface area (Å²) < 4.78 is 5.00. The van der Waals surface area contributed by atoms with Gasteiger partial charge in [-0.1, -0.05) is 0 Å². The van der Waals surface area contributed by atoms with Crippen LogP contribution in [0.1, 0.15) is 51.9 Å². The van der Waals surface area contributed by atoms with Crippen molar-refractivity contribution in [3.63, 3.8) is 0 Å². The Labute approximate surface area is 157 Å². The monoisotopic (exact) mass is 369 g/mol. The van der Waals surface area contributed by atoms with Crippen molar-refractivity contribution in [2.75, 3.05) is 17.2 Å². The Balaban J connectivity index is 1.69. The van der Waals surface area contributed by atoms with Crippen molar-refractivity contribution in [1.82, 2.24) is 4.98 Å². The molecule has 0 atom stereocenters. The average molecular weight is 369 g/mol. The van der Waals surface area contributed by atoms with Gasteiger partial charge in [0.2, 0.25) is 5.91 Å². The zero-order chi connectivity index (χ0) is 19.6. The van der Waals surface area contributed by atoms with Crippen LogP contribution >= 0.6 is 0 Å². The van der Waals surface area contributed by atoms with E-state index in [1.165, 1.54) is 0 Å². The zero-order valence-corrected chi connectivity index (χ0v) is 15.6. The van der Waals surface area contributed by atoms with Crippen LogP contribution in [0.5, 0.6) is 0 Å². The Morgan fingerprint density at radius 2 is 1.67 bits per heavy atom. The van der Waals surface area contributed by atoms with Crippen molar-refractivity contribution in [1.29, 1.82) is 0 Å². The summed E-state index contributed by atoms with van der Waals surface area (Å²) >= 11 is 0. The van der Waals surface area contributed by atoms with Gasteiger partial charge in [0.05, 0.1) is 12.2 Å². The van der Waals surface area contributed by atoms with Gasteiger partial charge in [-0.05, 0) is 63.4 Å². The molecule has 7 heteroatoms. The fraction of sp³-hybridized carbons (Fsp3) is 0.350. The van der Waals surface area contributed by atoms with Crippen molar-refractivity contribution in [2.24, 2.45) is 5.92 Å². The van der Waals surface area contributed by atoms with E-state index < -0.39 is 5.97 Å². The van der Waals surface area contributed by atoms with Crippen LogP contribution in [-0.4, -0.2) is 29.4 Å². The molecule has 7 nitrogen and oxygen atoms in total. The van der Waals surface area contributed by atoms with Crippen LogP contribution in [-0.2, 0) is 9.53 Å². The van der Waals surface area contributed by atoms with E-state index in [0.717, 1.165) is 12.8 Å². The predicted octanol–water partition coefficient (Wildman–Crippen LogP) is 3.41. The fourth-order valence-corrected chi connectivity index (χ4v) is 2.92. The largest absolute Gasteiger partial charge is 0.461 e. The van der Waals surface area contributed by atoms with Crippen LogP contribution in [0, 0.1) is 19.8 Å². The Morgan fingerprint density at radius 1 is 1.07 bits per heavy atom. The molecule has 0 unspecified atom stereocenters. The Morgan fingerprint density at radius 3 is 2.22 bits per heavy atom. The normalized spacial score (nSPS) is 13.1. The number of amides is 2. The Bertz CT molecular complexity index is 879. The second-order valence-electron chi connectivity index (χ2n) is 6.64. The van der Waals surface area contributed by atoms with Gasteiger partial charge in [-0.15, -0.1) is 0 Å². The van der Waals surface area contributed by atoms with E-state index in [1.54, 1.807) is 45.0 Å². The molecule has 27 heavy (non-hydrogen) atoms. The molecule has 1 aliphatic rings. The first-order valence-electron chi connectivity index (χ1n) is 8.99. The number of aryl methyl sites for hydroxylation is 1. The second kappa shape index (κ2) is 7.65. The highest BCUT2D eigenvalue weighted by Crippen LogP contribution is 2.30. The molecule has 1 aliphatic carbocycles. The summed E-state index contributed by atoms with van der Waals surface area (Å²) in [4.78, 5) is 39.3. The zero-order valence-electron chi connectivity index (χ0n) is 15.6. The molecule has 2 amide bonds. The predicted molar refractivity (Wildman–Crippen MR) is 102 cm³/mol. The van der Waals surface area contributed by atoms with Crippen LogP contribution in [0.2, 0.25) is 0 Å². The van der Waals surface area contributed by atoms with Gasteiger partial charge in [-0.2, -0.15) is 0 Å². The number of esters is 1. The molecule has 3 rings (SSSR count). The molecule has 0 radical (unpaired) electrons. The number of carbonyl (C=O) groups excluding carboxylic acids is 3. The maximum Gasteiger partial charge on any atom is 0.355 e. The van der Waals surface area contributed by atoms with Gasteiger partial charge >= 0.3 is 5.97 Å². The minimum absolute atomic E-state index is 0.0388. The van der Waals surface area contributed by atoms with Crippen LogP contribution in [0.3, 0.4) is 0 Å². The number of aromatic nitrogens is 1. The van der Waals surface area contributed by atoms with Crippen LogP contribution in [0.4, 0.5) is 11.4 Å². The molecule has 1 saturated carbocycles. The standard InChI is InChI=1S/C20H23N3O4/c1-4-27-20(26)17-11(2)16(12(3)21-17)19(25)23-15-9-7-14(8-10-15)22-18(24)13-5-6-13/h7-10,13,21H,4-6H2,1-3H3,(H,22,24)(H,23,25). The first kappa shape index (κ1) is 18.7. The third kappa shape index (κ3) is 4.19. The van der Waals surface area contributed by atoms with Crippen LogP contribution < -0.4 is 10.6 Å². The van der Waals surface area contributed by atoms with E-state index >= 15 is 0 Å². The lowest BCUT2D eigenvalue weighted by Crippen LogP contribution is -2.15. The number of carbonyl (C=O) groups is 3. The summed E-state index contributed by atoms with van der Waals surface area (Å²) in [5, 5.41) is 5.67. The number of anilines is 2. The quantitative estimate of drug-likeness (QED) is 0.679. The molecule has 142 valence electrons. The summed E-state index contributed by atoms with van der Waals surface area (Å²) in [6.07, 6.45) is 1.90. The summed E-state index contributed by atoms with van der Waals surface area (Å²) in [5.41, 5.74) is 3.16. The minimum Gasteiger partial charge on any atom is -0.461 e. The number of hydrogen-bond acceptors (Lipinski definition) is 4. The SMILES string of the molecule is CCOC(=O)c1[nH]c(C)c(C(=O)Nc2ccc(NC(=O)C3CC3)cc2)c1C. The molecule has 0 spiro atoms. The van der Waals surface area contributed by atoms with Gasteiger partial charge < -0.3 is 20.4 Å². The highest BCUT2D eigenvalue weighted by Gasteiger charge is 2.29. The topological polar surface area (TPSA) is 100 Å². The number of benzene rings is 1. The summed E-state index contributed by atoms with van der Waals surface area (Å²) in [6.45, 7) is 5.44. The molecule has 1 aromatic carbocycles. The smallest absolute Gasteiger partial charge is 0.355 e. The molecular weight excluding hydrogens is 346 g/mol. The first-order chi connectivity index (χ1) is 12.9. The van der Waals surface area contributed by atoms with E-state index in [1.807, 2.05) is 0 Å². The third-order valence-electron chi connectivity index (χ3n) is 4.50. The molecular formula is C20H23N3O4. The lowest BCUT2D eigenvalue weighted by atomic mass is 10.1. The number of aromatic amines is 1. The molecule has 0 saturated heterocycles. The van der Waals surface area contributed by atoms with E-state index in [-0.39, 0.29) is 30.0 Å². The molecule has 0 bridgehead atoms. The van der Waals surface area contributed by atoms with Crippen molar-refractivity contribution >= 4 is 29.2 Å². The average Bonchev–Trinajstić information content (AvgIpc) is 3.42. The minimum atomic E-state index is -0.479. The van der Waals surface area contributed by atoms with Crippen LogP contribution in [0.15, 0.2) is 24.3 Å². The van der Waals surface area contributed by atoms with E-state index in [2.05, 4.69) is 15.6 Å². The summed E-state index contributed by atoms with van der Waals surface area (Å²) in [6, 6.07) is 6.95. The summed E-state index contributed by atoms with van der Waals surface area (Å²) in [5.74, 6) is -0.617. The number of H-pyrrole nitrogens is 1. The maximum atomic E-state index is 12.7. The van der Waals surface area contributed by atoms with E-state index in [0.29, 0.717) is 28.2 Å². The molecule has 3 N–H and O–H groups in total. The number of rotatable bonds is 6. The maximum absolute atomic E-state index is 12.7. The molecule has 2 aromatic rings. The molecule has 1 aromatic heterocycles. The summed E-state index contributed by atoms with van der Waals surface area (Å²) in [7, 11) is 0. The molecule has 1 fully saturated rings. The molecule has 0 aliphatic heterocycles. The lowest BCUT2D eigenvalue weighted by molar-refractivity contribution is -0.117. The van der Waals surface area contributed by atoms with Gasteiger partial charge in [0.15, 0.2) is 0 Å². The van der Waals surface area contributed by atoms with E-state index in [9.17, 15) is 14.4 Å². The van der Waals surface area contributed by atoms with Gasteiger partial charge in [0.25, 0.3) is 5.91 Å². The highest BCUT2D eigenvalue weighted by atomic mass is 16.5. The van der Waals surface area contributed by atoms with Gasteiger partial charge in [-0.25, -0.2) is 4.79 Å². The van der Waals surface area contributed by atoms with Crippen LogP contribution in [0.25, 0.3) is 0 Å². The lowest BCUT2D eigenvalue weighted by Gasteiger charge is -2.08. The number of ether oxygens (including phenoxy) is 1.